The monoisotopic (exact) mass is 337 g/mol. The van der Waals surface area contributed by atoms with Gasteiger partial charge in [-0.3, -0.25) is 9.89 Å². The molecule has 1 aliphatic heterocycles. The van der Waals surface area contributed by atoms with E-state index in [-0.39, 0.29) is 0 Å². The summed E-state index contributed by atoms with van der Waals surface area (Å²) in [5, 5.41) is 7.13. The molecule has 0 aromatic rings. The number of guanidine groups is 1. The van der Waals surface area contributed by atoms with Crippen molar-refractivity contribution in [3.8, 4) is 0 Å². The first kappa shape index (κ1) is 19.5. The predicted octanol–water partition coefficient (Wildman–Crippen LogP) is 2.00. The number of hydrogen-bond acceptors (Lipinski definition) is 3. The number of nitrogens with zero attached hydrogens (tertiary/aromatic N) is 3. The van der Waals surface area contributed by atoms with Crippen LogP contribution >= 0.6 is 0 Å². The van der Waals surface area contributed by atoms with Gasteiger partial charge in [-0.1, -0.05) is 13.8 Å². The van der Waals surface area contributed by atoms with Gasteiger partial charge in [0.05, 0.1) is 6.54 Å². The van der Waals surface area contributed by atoms with Gasteiger partial charge in [-0.05, 0) is 58.5 Å². The molecule has 5 nitrogen and oxygen atoms in total. The van der Waals surface area contributed by atoms with E-state index in [0.29, 0.717) is 12.1 Å². The van der Waals surface area contributed by atoms with E-state index in [1.807, 2.05) is 0 Å². The largest absolute Gasteiger partial charge is 0.357 e. The van der Waals surface area contributed by atoms with Crippen LogP contribution in [0.5, 0.6) is 0 Å². The van der Waals surface area contributed by atoms with Crippen molar-refractivity contribution in [3.63, 3.8) is 0 Å². The molecule has 2 N–H and O–H groups in total. The molecule has 1 unspecified atom stereocenters. The highest BCUT2D eigenvalue weighted by Gasteiger charge is 2.24. The van der Waals surface area contributed by atoms with Crippen molar-refractivity contribution in [2.45, 2.75) is 58.5 Å². The minimum atomic E-state index is 0.524. The second kappa shape index (κ2) is 9.62. The van der Waals surface area contributed by atoms with E-state index in [4.69, 9.17) is 4.99 Å². The van der Waals surface area contributed by atoms with Gasteiger partial charge in [0.15, 0.2) is 5.96 Å². The van der Waals surface area contributed by atoms with Crippen LogP contribution in [0.4, 0.5) is 0 Å². The van der Waals surface area contributed by atoms with E-state index < -0.39 is 0 Å². The predicted molar refractivity (Wildman–Crippen MR) is 104 cm³/mol. The molecule has 2 fully saturated rings. The van der Waals surface area contributed by atoms with Crippen molar-refractivity contribution in [2.24, 2.45) is 16.8 Å². The highest BCUT2D eigenvalue weighted by Crippen LogP contribution is 2.29. The fraction of sp³-hybridized carbons (Fsp3) is 0.947. The van der Waals surface area contributed by atoms with Crippen molar-refractivity contribution in [1.29, 1.82) is 0 Å². The molecule has 1 atom stereocenters. The number of nitrogens with one attached hydrogen (secondary N) is 2. The first-order valence-corrected chi connectivity index (χ1v) is 9.93. The second-order valence-corrected chi connectivity index (χ2v) is 8.12. The van der Waals surface area contributed by atoms with E-state index >= 15 is 0 Å². The molecule has 5 heteroatoms. The molecular weight excluding hydrogens is 298 g/mol. The summed E-state index contributed by atoms with van der Waals surface area (Å²) in [5.74, 6) is 2.74. The quantitative estimate of drug-likeness (QED) is 0.595. The Hall–Kier alpha value is -0.810. The van der Waals surface area contributed by atoms with Crippen LogP contribution in [0, 0.1) is 11.8 Å². The second-order valence-electron chi connectivity index (χ2n) is 8.12. The standard InChI is InChI=1S/C19H39N5/c1-6-20-19(21-13-18-14-23(4)11-12-24(18)5)22-17-9-7-16(8-10-17)15(2)3/h15-18H,6-14H2,1-5H3,(H2,20,21,22). The Kier molecular flexibility index (Phi) is 7.82. The zero-order chi connectivity index (χ0) is 17.5. The third kappa shape index (κ3) is 5.92. The molecule has 1 aliphatic carbocycles. The number of likely N-dealkylation sites (N-methyl/N-ethyl adjacent to an activating group) is 2. The van der Waals surface area contributed by atoms with Gasteiger partial charge < -0.3 is 15.5 Å². The number of hydrogen-bond donors (Lipinski definition) is 2. The molecule has 0 aromatic heterocycles. The van der Waals surface area contributed by atoms with Gasteiger partial charge in [-0.25, -0.2) is 0 Å². The van der Waals surface area contributed by atoms with Crippen molar-refractivity contribution in [2.75, 3.05) is 46.8 Å². The molecule has 1 saturated heterocycles. The van der Waals surface area contributed by atoms with E-state index in [2.05, 4.69) is 55.3 Å². The van der Waals surface area contributed by atoms with Crippen LogP contribution in [-0.2, 0) is 0 Å². The van der Waals surface area contributed by atoms with Gasteiger partial charge in [0, 0.05) is 38.3 Å². The third-order valence-electron chi connectivity index (χ3n) is 5.84. The minimum absolute atomic E-state index is 0.524. The molecule has 140 valence electrons. The lowest BCUT2D eigenvalue weighted by Crippen LogP contribution is -2.52. The lowest BCUT2D eigenvalue weighted by atomic mass is 9.80. The maximum Gasteiger partial charge on any atom is 0.191 e. The molecule has 1 saturated carbocycles. The summed E-state index contributed by atoms with van der Waals surface area (Å²) in [4.78, 5) is 9.75. The first-order valence-electron chi connectivity index (χ1n) is 9.93. The zero-order valence-corrected chi connectivity index (χ0v) is 16.5. The zero-order valence-electron chi connectivity index (χ0n) is 16.5. The Labute approximate surface area is 149 Å². The fourth-order valence-electron chi connectivity index (χ4n) is 3.94. The van der Waals surface area contributed by atoms with Gasteiger partial charge in [-0.2, -0.15) is 0 Å². The van der Waals surface area contributed by atoms with Gasteiger partial charge >= 0.3 is 0 Å². The maximum absolute atomic E-state index is 4.90. The molecule has 0 radical (unpaired) electrons. The highest BCUT2D eigenvalue weighted by atomic mass is 15.3. The minimum Gasteiger partial charge on any atom is -0.357 e. The topological polar surface area (TPSA) is 42.9 Å². The van der Waals surface area contributed by atoms with E-state index in [9.17, 15) is 0 Å². The summed E-state index contributed by atoms with van der Waals surface area (Å²) in [5.41, 5.74) is 0. The van der Waals surface area contributed by atoms with Crippen LogP contribution < -0.4 is 10.6 Å². The van der Waals surface area contributed by atoms with Crippen LogP contribution in [0.25, 0.3) is 0 Å². The molecule has 24 heavy (non-hydrogen) atoms. The summed E-state index contributed by atoms with van der Waals surface area (Å²) in [6.07, 6.45) is 5.26. The average Bonchev–Trinajstić information content (AvgIpc) is 2.56. The van der Waals surface area contributed by atoms with Crippen LogP contribution in [-0.4, -0.2) is 74.7 Å². The van der Waals surface area contributed by atoms with E-state index in [0.717, 1.165) is 50.5 Å². The normalized spacial score (nSPS) is 30.6. The Balaban J connectivity index is 1.84. The highest BCUT2D eigenvalue weighted by molar-refractivity contribution is 5.80. The number of rotatable bonds is 5. The maximum atomic E-state index is 4.90. The van der Waals surface area contributed by atoms with Gasteiger partial charge in [0.25, 0.3) is 0 Å². The van der Waals surface area contributed by atoms with E-state index in [1.165, 1.54) is 25.7 Å². The Morgan fingerprint density at radius 3 is 2.46 bits per heavy atom. The van der Waals surface area contributed by atoms with Crippen molar-refractivity contribution >= 4 is 5.96 Å². The number of piperazine rings is 1. The summed E-state index contributed by atoms with van der Waals surface area (Å²) >= 11 is 0. The lowest BCUT2D eigenvalue weighted by molar-refractivity contribution is 0.119. The summed E-state index contributed by atoms with van der Waals surface area (Å²) in [6.45, 7) is 12.1. The number of aliphatic imine (C=N–C) groups is 1. The fourth-order valence-corrected chi connectivity index (χ4v) is 3.94. The molecule has 0 amide bonds. The summed E-state index contributed by atoms with van der Waals surface area (Å²) < 4.78 is 0. The van der Waals surface area contributed by atoms with Crippen molar-refractivity contribution in [3.05, 3.63) is 0 Å². The third-order valence-corrected chi connectivity index (χ3v) is 5.84. The molecule has 2 aliphatic rings. The van der Waals surface area contributed by atoms with Crippen LogP contribution in [0.2, 0.25) is 0 Å². The van der Waals surface area contributed by atoms with Gasteiger partial charge in [-0.15, -0.1) is 0 Å². The Bertz CT molecular complexity index is 387. The Morgan fingerprint density at radius 1 is 1.12 bits per heavy atom. The summed E-state index contributed by atoms with van der Waals surface area (Å²) in [7, 11) is 4.43. The molecule has 0 bridgehead atoms. The SMILES string of the molecule is CCNC(=NCC1CN(C)CCN1C)NC1CCC(C(C)C)CC1. The molecule has 2 rings (SSSR count). The molecule has 0 spiro atoms. The average molecular weight is 338 g/mol. The molecule has 1 heterocycles. The van der Waals surface area contributed by atoms with Crippen LogP contribution in [0.15, 0.2) is 4.99 Å². The summed E-state index contributed by atoms with van der Waals surface area (Å²) in [6, 6.07) is 1.11. The first-order chi connectivity index (χ1) is 11.5. The lowest BCUT2D eigenvalue weighted by Gasteiger charge is -2.37. The molecule has 0 aromatic carbocycles. The van der Waals surface area contributed by atoms with E-state index in [1.54, 1.807) is 0 Å². The van der Waals surface area contributed by atoms with Gasteiger partial charge in [0.2, 0.25) is 0 Å². The Morgan fingerprint density at radius 2 is 1.83 bits per heavy atom. The molecular formula is C19H39N5. The van der Waals surface area contributed by atoms with Crippen LogP contribution in [0.1, 0.15) is 46.5 Å². The van der Waals surface area contributed by atoms with Crippen molar-refractivity contribution < 1.29 is 0 Å². The smallest absolute Gasteiger partial charge is 0.191 e. The van der Waals surface area contributed by atoms with Gasteiger partial charge in [0.1, 0.15) is 0 Å². The van der Waals surface area contributed by atoms with Crippen LogP contribution in [0.3, 0.4) is 0 Å². The van der Waals surface area contributed by atoms with Crippen molar-refractivity contribution in [1.82, 2.24) is 20.4 Å².